The molecule has 13 heteroatoms. The van der Waals surface area contributed by atoms with Gasteiger partial charge in [0.1, 0.15) is 5.75 Å². The lowest BCUT2D eigenvalue weighted by Crippen LogP contribution is -2.28. The fourth-order valence-electron chi connectivity index (χ4n) is 3.44. The second-order valence-corrected chi connectivity index (χ2v) is 7.43. The number of carbonyl (C=O) groups excluding carboxylic acids is 3. The molecule has 1 fully saturated rings. The zero-order valence-corrected chi connectivity index (χ0v) is 18.2. The number of hydrogen-bond donors (Lipinski definition) is 1. The summed E-state index contributed by atoms with van der Waals surface area (Å²) in [5.74, 6) is -2.65. The lowest BCUT2D eigenvalue weighted by atomic mass is 10.1. The summed E-state index contributed by atoms with van der Waals surface area (Å²) in [4.78, 5) is 59.1. The SMILES string of the molecule is COc1cc([N+](=O)[O-])ccc1N1C[C@@H](C(=O)OCC(=O)Nc2ccc(C)c([N+](=O)[O-])c2)CC1=O. The summed E-state index contributed by atoms with van der Waals surface area (Å²) in [7, 11) is 1.30. The van der Waals surface area contributed by atoms with E-state index in [1.807, 2.05) is 0 Å². The second-order valence-electron chi connectivity index (χ2n) is 7.43. The zero-order chi connectivity index (χ0) is 25.0. The van der Waals surface area contributed by atoms with Crippen LogP contribution < -0.4 is 15.0 Å². The highest BCUT2D eigenvalue weighted by Crippen LogP contribution is 2.36. The number of aryl methyl sites for hydroxylation is 1. The molecule has 178 valence electrons. The molecule has 2 amide bonds. The van der Waals surface area contributed by atoms with Crippen LogP contribution in [0, 0.1) is 33.1 Å². The number of nitrogens with zero attached hydrogens (tertiary/aromatic N) is 3. The first-order chi connectivity index (χ1) is 16.1. The van der Waals surface area contributed by atoms with Gasteiger partial charge in [0, 0.05) is 36.3 Å². The van der Waals surface area contributed by atoms with Crippen LogP contribution in [0.3, 0.4) is 0 Å². The first kappa shape index (κ1) is 24.1. The Kier molecular flexibility index (Phi) is 7.04. The van der Waals surface area contributed by atoms with E-state index in [0.717, 1.165) is 0 Å². The van der Waals surface area contributed by atoms with E-state index >= 15 is 0 Å². The van der Waals surface area contributed by atoms with Crippen LogP contribution in [-0.4, -0.2) is 47.9 Å². The van der Waals surface area contributed by atoms with Crippen LogP contribution in [0.25, 0.3) is 0 Å². The number of methoxy groups -OCH3 is 1. The van der Waals surface area contributed by atoms with Crippen molar-refractivity contribution in [2.75, 3.05) is 30.5 Å². The smallest absolute Gasteiger partial charge is 0.311 e. The highest BCUT2D eigenvalue weighted by molar-refractivity contribution is 6.01. The first-order valence-corrected chi connectivity index (χ1v) is 9.95. The summed E-state index contributed by atoms with van der Waals surface area (Å²) in [5, 5.41) is 24.4. The molecule has 3 rings (SSSR count). The van der Waals surface area contributed by atoms with E-state index in [1.54, 1.807) is 6.92 Å². The molecule has 2 aromatic rings. The maximum atomic E-state index is 12.5. The van der Waals surface area contributed by atoms with Crippen molar-refractivity contribution in [3.63, 3.8) is 0 Å². The molecule has 0 saturated carbocycles. The van der Waals surface area contributed by atoms with Crippen molar-refractivity contribution in [2.24, 2.45) is 5.92 Å². The summed E-state index contributed by atoms with van der Waals surface area (Å²) >= 11 is 0. The minimum atomic E-state index is -0.860. The normalized spacial score (nSPS) is 15.1. The van der Waals surface area contributed by atoms with Crippen molar-refractivity contribution in [2.45, 2.75) is 13.3 Å². The quantitative estimate of drug-likeness (QED) is 0.344. The number of anilines is 2. The van der Waals surface area contributed by atoms with Crippen LogP contribution in [-0.2, 0) is 19.1 Å². The van der Waals surface area contributed by atoms with E-state index < -0.39 is 40.2 Å². The number of non-ortho nitro benzene ring substituents is 1. The van der Waals surface area contributed by atoms with E-state index in [0.29, 0.717) is 5.56 Å². The Labute approximate surface area is 192 Å². The van der Waals surface area contributed by atoms with Crippen molar-refractivity contribution in [1.82, 2.24) is 0 Å². The molecule has 0 aromatic heterocycles. The first-order valence-electron chi connectivity index (χ1n) is 9.95. The lowest BCUT2D eigenvalue weighted by Gasteiger charge is -2.19. The number of carbonyl (C=O) groups is 3. The van der Waals surface area contributed by atoms with Crippen LogP contribution in [0.1, 0.15) is 12.0 Å². The minimum absolute atomic E-state index is 0.0579. The average molecular weight is 472 g/mol. The molecular formula is C21H20N4O9. The number of hydrogen-bond acceptors (Lipinski definition) is 9. The summed E-state index contributed by atoms with van der Waals surface area (Å²) in [6.07, 6.45) is -0.176. The van der Waals surface area contributed by atoms with Gasteiger partial charge >= 0.3 is 5.97 Å². The number of nitrogens with one attached hydrogen (secondary N) is 1. The molecule has 0 unspecified atom stereocenters. The molecule has 34 heavy (non-hydrogen) atoms. The fourth-order valence-corrected chi connectivity index (χ4v) is 3.44. The molecule has 1 heterocycles. The predicted octanol–water partition coefficient (Wildman–Crippen LogP) is 2.35. The van der Waals surface area contributed by atoms with Gasteiger partial charge in [-0.3, -0.25) is 34.6 Å². The Hall–Kier alpha value is -4.55. The number of nitro benzene ring substituents is 2. The van der Waals surface area contributed by atoms with Crippen LogP contribution >= 0.6 is 0 Å². The number of nitro groups is 2. The Balaban J connectivity index is 1.60. The van der Waals surface area contributed by atoms with Gasteiger partial charge in [-0.2, -0.15) is 0 Å². The Bertz CT molecular complexity index is 1180. The maximum Gasteiger partial charge on any atom is 0.311 e. The van der Waals surface area contributed by atoms with Gasteiger partial charge in [0.2, 0.25) is 5.91 Å². The number of esters is 1. The summed E-state index contributed by atoms with van der Waals surface area (Å²) in [5.41, 5.74) is 0.488. The largest absolute Gasteiger partial charge is 0.494 e. The molecular weight excluding hydrogens is 452 g/mol. The standard InChI is InChI=1S/C21H20N4O9/c1-12-3-4-14(8-17(12)25(31)32)22-19(26)11-34-21(28)13-7-20(27)23(10-13)16-6-5-15(24(29)30)9-18(16)33-2/h3-6,8-9,13H,7,10-11H2,1-2H3,(H,22,26)/t13-/m0/s1. The predicted molar refractivity (Wildman–Crippen MR) is 118 cm³/mol. The summed E-state index contributed by atoms with van der Waals surface area (Å²) in [6, 6.07) is 7.90. The van der Waals surface area contributed by atoms with Crippen molar-refractivity contribution in [1.29, 1.82) is 0 Å². The van der Waals surface area contributed by atoms with E-state index in [2.05, 4.69) is 5.32 Å². The van der Waals surface area contributed by atoms with Crippen LogP contribution in [0.4, 0.5) is 22.7 Å². The zero-order valence-electron chi connectivity index (χ0n) is 18.2. The molecule has 1 aliphatic heterocycles. The molecule has 0 bridgehead atoms. The lowest BCUT2D eigenvalue weighted by molar-refractivity contribution is -0.385. The van der Waals surface area contributed by atoms with Crippen molar-refractivity contribution >= 4 is 40.5 Å². The van der Waals surface area contributed by atoms with Crippen LogP contribution in [0.2, 0.25) is 0 Å². The van der Waals surface area contributed by atoms with Crippen molar-refractivity contribution < 1.29 is 33.7 Å². The van der Waals surface area contributed by atoms with Gasteiger partial charge in [-0.1, -0.05) is 6.07 Å². The van der Waals surface area contributed by atoms with Gasteiger partial charge in [-0.25, -0.2) is 0 Å². The van der Waals surface area contributed by atoms with E-state index in [1.165, 1.54) is 48.4 Å². The van der Waals surface area contributed by atoms with E-state index in [9.17, 15) is 34.6 Å². The van der Waals surface area contributed by atoms with Crippen LogP contribution in [0.5, 0.6) is 5.75 Å². The van der Waals surface area contributed by atoms with Crippen LogP contribution in [0.15, 0.2) is 36.4 Å². The molecule has 0 spiro atoms. The molecule has 1 atom stereocenters. The van der Waals surface area contributed by atoms with Crippen molar-refractivity contribution in [3.05, 3.63) is 62.2 Å². The van der Waals surface area contributed by atoms with E-state index in [-0.39, 0.29) is 41.5 Å². The Morgan fingerprint density at radius 2 is 1.88 bits per heavy atom. The second kappa shape index (κ2) is 9.94. The van der Waals surface area contributed by atoms with Gasteiger partial charge in [0.05, 0.1) is 34.6 Å². The van der Waals surface area contributed by atoms with Crippen molar-refractivity contribution in [3.8, 4) is 5.75 Å². The Morgan fingerprint density at radius 3 is 2.53 bits per heavy atom. The number of ether oxygens (including phenoxy) is 2. The fraction of sp³-hybridized carbons (Fsp3) is 0.286. The van der Waals surface area contributed by atoms with Gasteiger partial charge in [-0.05, 0) is 19.1 Å². The number of amides is 2. The third kappa shape index (κ3) is 5.26. The van der Waals surface area contributed by atoms with Gasteiger partial charge in [-0.15, -0.1) is 0 Å². The Morgan fingerprint density at radius 1 is 1.15 bits per heavy atom. The third-order valence-electron chi connectivity index (χ3n) is 5.16. The number of rotatable bonds is 8. The van der Waals surface area contributed by atoms with E-state index in [4.69, 9.17) is 9.47 Å². The molecule has 2 aromatic carbocycles. The minimum Gasteiger partial charge on any atom is -0.494 e. The van der Waals surface area contributed by atoms with Gasteiger partial charge in [0.15, 0.2) is 6.61 Å². The summed E-state index contributed by atoms with van der Waals surface area (Å²) in [6.45, 7) is 0.855. The molecule has 0 aliphatic carbocycles. The molecule has 1 aliphatic rings. The summed E-state index contributed by atoms with van der Waals surface area (Å²) < 4.78 is 10.2. The topological polar surface area (TPSA) is 171 Å². The highest BCUT2D eigenvalue weighted by atomic mass is 16.6. The van der Waals surface area contributed by atoms with Gasteiger partial charge < -0.3 is 19.7 Å². The maximum absolute atomic E-state index is 12.5. The average Bonchev–Trinajstić information content (AvgIpc) is 3.19. The molecule has 1 saturated heterocycles. The molecule has 0 radical (unpaired) electrons. The molecule has 1 N–H and O–H groups in total. The molecule has 13 nitrogen and oxygen atoms in total. The number of benzene rings is 2. The third-order valence-corrected chi connectivity index (χ3v) is 5.16. The highest BCUT2D eigenvalue weighted by Gasteiger charge is 2.37. The van der Waals surface area contributed by atoms with Gasteiger partial charge in [0.25, 0.3) is 17.3 Å². The monoisotopic (exact) mass is 472 g/mol.